The Bertz CT molecular complexity index is 1360. The topological polar surface area (TPSA) is 102 Å². The highest BCUT2D eigenvalue weighted by atomic mass is 16.5. The molecule has 5 heterocycles. The number of aromatic nitrogens is 4. The summed E-state index contributed by atoms with van der Waals surface area (Å²) >= 11 is 0. The molecule has 1 unspecified atom stereocenters. The zero-order valence-electron chi connectivity index (χ0n) is 18.9. The third-order valence-electron chi connectivity index (χ3n) is 6.04. The number of imidazole rings is 1. The van der Waals surface area contributed by atoms with Gasteiger partial charge in [0, 0.05) is 37.8 Å². The van der Waals surface area contributed by atoms with Crippen LogP contribution in [0.4, 0.5) is 0 Å². The molecule has 1 aliphatic rings. The van der Waals surface area contributed by atoms with Gasteiger partial charge in [-0.15, -0.1) is 0 Å². The van der Waals surface area contributed by atoms with Gasteiger partial charge in [-0.05, 0) is 56.0 Å². The minimum atomic E-state index is -0.410. The summed E-state index contributed by atoms with van der Waals surface area (Å²) in [6, 6.07) is 10.5. The molecule has 9 heteroatoms. The summed E-state index contributed by atoms with van der Waals surface area (Å²) in [5, 5.41) is 6.30. The fourth-order valence-electron chi connectivity index (χ4n) is 4.24. The van der Waals surface area contributed by atoms with Gasteiger partial charge in [-0.1, -0.05) is 12.1 Å². The summed E-state index contributed by atoms with van der Waals surface area (Å²) in [7, 11) is 0. The van der Waals surface area contributed by atoms with Crippen LogP contribution in [0.25, 0.3) is 11.3 Å². The Morgan fingerprint density at radius 2 is 2.03 bits per heavy atom. The number of hydrogen-bond donors (Lipinski definition) is 2. The molecule has 176 valence electrons. The number of pyridine rings is 2. The van der Waals surface area contributed by atoms with Gasteiger partial charge < -0.3 is 19.8 Å². The number of rotatable bonds is 8. The van der Waals surface area contributed by atoms with E-state index >= 15 is 0 Å². The van der Waals surface area contributed by atoms with Crippen LogP contribution in [0.15, 0.2) is 59.8 Å². The van der Waals surface area contributed by atoms with Gasteiger partial charge in [0.1, 0.15) is 17.0 Å². The van der Waals surface area contributed by atoms with Crippen molar-refractivity contribution in [1.29, 1.82) is 0 Å². The minimum absolute atomic E-state index is 0.0898. The van der Waals surface area contributed by atoms with Crippen LogP contribution < -0.4 is 16.2 Å². The Labute approximate surface area is 196 Å². The molecule has 1 saturated heterocycles. The van der Waals surface area contributed by atoms with E-state index in [-0.39, 0.29) is 17.8 Å². The van der Waals surface area contributed by atoms with E-state index in [0.717, 1.165) is 49.4 Å². The van der Waals surface area contributed by atoms with E-state index in [1.807, 2.05) is 22.9 Å². The molecule has 2 N–H and O–H groups in total. The molecule has 0 spiro atoms. The molecule has 0 saturated carbocycles. The van der Waals surface area contributed by atoms with Crippen molar-refractivity contribution in [1.82, 2.24) is 29.4 Å². The Morgan fingerprint density at radius 3 is 2.91 bits per heavy atom. The zero-order valence-corrected chi connectivity index (χ0v) is 18.9. The Morgan fingerprint density at radius 1 is 1.09 bits per heavy atom. The van der Waals surface area contributed by atoms with Crippen LogP contribution in [0.1, 0.15) is 47.4 Å². The molecule has 0 aromatic carbocycles. The van der Waals surface area contributed by atoms with E-state index in [1.54, 1.807) is 24.4 Å². The minimum Gasteiger partial charge on any atom is -0.378 e. The van der Waals surface area contributed by atoms with Crippen LogP contribution in [-0.2, 0) is 17.8 Å². The maximum absolute atomic E-state index is 12.6. The average molecular weight is 461 g/mol. The van der Waals surface area contributed by atoms with Crippen molar-refractivity contribution in [2.75, 3.05) is 13.2 Å². The summed E-state index contributed by atoms with van der Waals surface area (Å²) in [6.07, 6.45) is 10.6. The van der Waals surface area contributed by atoms with Crippen LogP contribution in [0.2, 0.25) is 0 Å². The van der Waals surface area contributed by atoms with Gasteiger partial charge in [-0.2, -0.15) is 0 Å². The highest BCUT2D eigenvalue weighted by molar-refractivity contribution is 5.92. The van der Waals surface area contributed by atoms with Crippen LogP contribution >= 0.6 is 0 Å². The van der Waals surface area contributed by atoms with Gasteiger partial charge in [-0.25, -0.2) is 9.97 Å². The van der Waals surface area contributed by atoms with E-state index in [9.17, 15) is 9.59 Å². The predicted molar refractivity (Wildman–Crippen MR) is 128 cm³/mol. The smallest absolute Gasteiger partial charge is 0.270 e. The van der Waals surface area contributed by atoms with Gasteiger partial charge in [0.25, 0.3) is 11.5 Å². The summed E-state index contributed by atoms with van der Waals surface area (Å²) < 4.78 is 9.14. The maximum Gasteiger partial charge on any atom is 0.270 e. The van der Waals surface area contributed by atoms with Crippen molar-refractivity contribution >= 4 is 17.2 Å². The molecule has 1 atom stereocenters. The number of amides is 1. The normalized spacial score (nSPS) is 16.2. The lowest BCUT2D eigenvalue weighted by atomic mass is 10.1. The first-order valence-electron chi connectivity index (χ1n) is 11.7. The molecule has 4 aromatic rings. The molecule has 1 fully saturated rings. The number of ether oxygens (including phenoxy) is 1. The average Bonchev–Trinajstić information content (AvgIpc) is 3.28. The number of nitrogens with zero attached hydrogens (tertiary/aromatic N) is 4. The third-order valence-corrected chi connectivity index (χ3v) is 6.04. The molecule has 0 aliphatic carbocycles. The maximum atomic E-state index is 12.6. The SMILES string of the molecule is O=C(NCc1cn2cc(CNCCC3CCCCO3)ccc2n1)c1cc(=O)n2ccccc2n1. The van der Waals surface area contributed by atoms with E-state index < -0.39 is 5.91 Å². The first-order valence-corrected chi connectivity index (χ1v) is 11.7. The van der Waals surface area contributed by atoms with Crippen molar-refractivity contribution in [3.63, 3.8) is 0 Å². The monoisotopic (exact) mass is 460 g/mol. The second-order valence-electron chi connectivity index (χ2n) is 8.58. The highest BCUT2D eigenvalue weighted by Crippen LogP contribution is 2.15. The fourth-order valence-corrected chi connectivity index (χ4v) is 4.24. The lowest BCUT2D eigenvalue weighted by Gasteiger charge is -2.22. The van der Waals surface area contributed by atoms with E-state index in [4.69, 9.17) is 4.74 Å². The van der Waals surface area contributed by atoms with E-state index in [1.165, 1.54) is 23.3 Å². The summed E-state index contributed by atoms with van der Waals surface area (Å²) in [4.78, 5) is 33.6. The molecule has 1 amide bonds. The largest absolute Gasteiger partial charge is 0.378 e. The summed E-state index contributed by atoms with van der Waals surface area (Å²) in [5.41, 5.74) is 2.92. The third kappa shape index (κ3) is 5.16. The standard InChI is InChI=1S/C25H28N6O3/c32-24-13-21(29-23-6-1-3-11-31(23)24)25(33)27-15-19-17-30-16-18(7-8-22(30)28-19)14-26-10-9-20-5-2-4-12-34-20/h1,3,6-8,11,13,16-17,20,26H,2,4-5,9-10,12,14-15H2,(H,27,33). The van der Waals surface area contributed by atoms with Crippen molar-refractivity contribution in [3.8, 4) is 0 Å². The first kappa shape index (κ1) is 22.2. The van der Waals surface area contributed by atoms with E-state index in [2.05, 4.69) is 26.7 Å². The molecular weight excluding hydrogens is 432 g/mol. The highest BCUT2D eigenvalue weighted by Gasteiger charge is 2.13. The quantitative estimate of drug-likeness (QED) is 0.391. The predicted octanol–water partition coefficient (Wildman–Crippen LogP) is 2.32. The lowest BCUT2D eigenvalue weighted by Crippen LogP contribution is -2.27. The summed E-state index contributed by atoms with van der Waals surface area (Å²) in [5.74, 6) is -0.410. The summed E-state index contributed by atoms with van der Waals surface area (Å²) in [6.45, 7) is 2.83. The second kappa shape index (κ2) is 10.1. The molecule has 4 aromatic heterocycles. The lowest BCUT2D eigenvalue weighted by molar-refractivity contribution is 0.0115. The Kier molecular flexibility index (Phi) is 6.64. The number of nitrogens with one attached hydrogen (secondary N) is 2. The van der Waals surface area contributed by atoms with Gasteiger partial charge in [0.2, 0.25) is 0 Å². The number of carbonyl (C=O) groups excluding carboxylic acids is 1. The first-order chi connectivity index (χ1) is 16.7. The molecule has 5 rings (SSSR count). The van der Waals surface area contributed by atoms with Crippen molar-refractivity contribution in [2.24, 2.45) is 0 Å². The number of carbonyl (C=O) groups is 1. The van der Waals surface area contributed by atoms with E-state index in [0.29, 0.717) is 11.8 Å². The molecule has 0 bridgehead atoms. The Hall–Kier alpha value is -3.56. The van der Waals surface area contributed by atoms with Crippen molar-refractivity contribution in [3.05, 3.63) is 82.3 Å². The van der Waals surface area contributed by atoms with Crippen LogP contribution in [0.5, 0.6) is 0 Å². The van der Waals surface area contributed by atoms with Crippen LogP contribution in [0.3, 0.4) is 0 Å². The molecule has 9 nitrogen and oxygen atoms in total. The van der Waals surface area contributed by atoms with Gasteiger partial charge >= 0.3 is 0 Å². The second-order valence-corrected chi connectivity index (χ2v) is 8.58. The Balaban J connectivity index is 1.17. The number of fused-ring (bicyclic) bond motifs is 2. The molecule has 1 aliphatic heterocycles. The molecular formula is C25H28N6O3. The number of hydrogen-bond acceptors (Lipinski definition) is 6. The fraction of sp³-hybridized carbons (Fsp3) is 0.360. The van der Waals surface area contributed by atoms with Crippen molar-refractivity contribution < 1.29 is 9.53 Å². The van der Waals surface area contributed by atoms with Gasteiger partial charge in [0.05, 0.1) is 18.3 Å². The van der Waals surface area contributed by atoms with Crippen molar-refractivity contribution in [2.45, 2.75) is 44.9 Å². The van der Waals surface area contributed by atoms with Crippen LogP contribution in [-0.4, -0.2) is 43.9 Å². The zero-order chi connectivity index (χ0) is 23.3. The van der Waals surface area contributed by atoms with Gasteiger partial charge in [-0.3, -0.25) is 14.0 Å². The molecule has 34 heavy (non-hydrogen) atoms. The van der Waals surface area contributed by atoms with Gasteiger partial charge in [0.15, 0.2) is 0 Å². The van der Waals surface area contributed by atoms with Crippen LogP contribution in [0, 0.1) is 0 Å². The molecule has 0 radical (unpaired) electrons.